The van der Waals surface area contributed by atoms with Crippen molar-refractivity contribution in [1.29, 1.82) is 0 Å². The Morgan fingerprint density at radius 3 is 2.65 bits per heavy atom. The molecule has 26 heavy (non-hydrogen) atoms. The van der Waals surface area contributed by atoms with Gasteiger partial charge in [0.25, 0.3) is 0 Å². The van der Waals surface area contributed by atoms with Gasteiger partial charge in [-0.25, -0.2) is 0 Å². The zero-order chi connectivity index (χ0) is 17.7. The van der Waals surface area contributed by atoms with Crippen molar-refractivity contribution in [2.45, 2.75) is 31.6 Å². The molecule has 2 aromatic rings. The standard InChI is InChI=1S/C21H21NO4/c1-2-3-6-9-22-16-8-5-4-7-14(16)21(20(22)23)12-24-17-11-19-18(10-15(17)21)25-13-26-19/h4-5,7-8,10-11H,2-3,6,9,12-13H2,1H3/t21-/m1/s1. The average molecular weight is 351 g/mol. The minimum atomic E-state index is -0.779. The third kappa shape index (κ3) is 1.94. The van der Waals surface area contributed by atoms with Gasteiger partial charge in [0.1, 0.15) is 17.8 Å². The molecule has 134 valence electrons. The van der Waals surface area contributed by atoms with Gasteiger partial charge < -0.3 is 19.1 Å². The topological polar surface area (TPSA) is 48.0 Å². The van der Waals surface area contributed by atoms with Crippen LogP contribution < -0.4 is 19.1 Å². The van der Waals surface area contributed by atoms with Gasteiger partial charge in [0, 0.05) is 23.9 Å². The summed E-state index contributed by atoms with van der Waals surface area (Å²) in [5.74, 6) is 2.18. The largest absolute Gasteiger partial charge is 0.491 e. The van der Waals surface area contributed by atoms with Crippen molar-refractivity contribution in [2.24, 2.45) is 0 Å². The third-order valence-corrected chi connectivity index (χ3v) is 5.63. The van der Waals surface area contributed by atoms with E-state index in [0.717, 1.165) is 42.6 Å². The van der Waals surface area contributed by atoms with Crippen LogP contribution in [0.3, 0.4) is 0 Å². The van der Waals surface area contributed by atoms with E-state index in [1.54, 1.807) is 0 Å². The Balaban J connectivity index is 1.63. The van der Waals surface area contributed by atoms with Crippen molar-refractivity contribution < 1.29 is 19.0 Å². The Morgan fingerprint density at radius 2 is 1.81 bits per heavy atom. The quantitative estimate of drug-likeness (QED) is 0.789. The predicted octanol–water partition coefficient (Wildman–Crippen LogP) is 3.63. The average Bonchev–Trinajstić information content (AvgIpc) is 3.33. The molecule has 5 heteroatoms. The lowest BCUT2D eigenvalue weighted by Gasteiger charge is -2.23. The molecule has 0 aliphatic carbocycles. The fourth-order valence-electron chi connectivity index (χ4n) is 4.31. The van der Waals surface area contributed by atoms with Crippen LogP contribution >= 0.6 is 0 Å². The van der Waals surface area contributed by atoms with Crippen molar-refractivity contribution in [3.8, 4) is 17.2 Å². The number of unbranched alkanes of at least 4 members (excludes halogenated alkanes) is 2. The number of nitrogens with zero attached hydrogens (tertiary/aromatic N) is 1. The fraction of sp³-hybridized carbons (Fsp3) is 0.381. The van der Waals surface area contributed by atoms with E-state index in [2.05, 4.69) is 13.0 Å². The number of carbonyl (C=O) groups excluding carboxylic acids is 1. The number of hydrogen-bond acceptors (Lipinski definition) is 4. The SMILES string of the molecule is CCCCCN1C(=O)[C@]2(COc3cc4c(cc32)OCO4)c2ccccc21. The molecule has 0 aromatic heterocycles. The number of benzene rings is 2. The zero-order valence-corrected chi connectivity index (χ0v) is 14.8. The molecule has 3 aliphatic rings. The highest BCUT2D eigenvalue weighted by atomic mass is 16.7. The first kappa shape index (κ1) is 15.6. The highest BCUT2D eigenvalue weighted by Gasteiger charge is 2.57. The molecule has 1 spiro atoms. The van der Waals surface area contributed by atoms with Crippen LogP contribution in [0.15, 0.2) is 36.4 Å². The van der Waals surface area contributed by atoms with Gasteiger partial charge in [-0.1, -0.05) is 38.0 Å². The lowest BCUT2D eigenvalue weighted by Crippen LogP contribution is -2.42. The fourth-order valence-corrected chi connectivity index (χ4v) is 4.31. The Kier molecular flexibility index (Phi) is 3.39. The van der Waals surface area contributed by atoms with Crippen molar-refractivity contribution in [1.82, 2.24) is 0 Å². The predicted molar refractivity (Wildman–Crippen MR) is 97.2 cm³/mol. The van der Waals surface area contributed by atoms with E-state index >= 15 is 0 Å². The van der Waals surface area contributed by atoms with Crippen molar-refractivity contribution in [3.63, 3.8) is 0 Å². The zero-order valence-electron chi connectivity index (χ0n) is 14.8. The van der Waals surface area contributed by atoms with E-state index in [4.69, 9.17) is 14.2 Å². The molecule has 5 nitrogen and oxygen atoms in total. The smallest absolute Gasteiger partial charge is 0.245 e. The second kappa shape index (κ2) is 5.66. The van der Waals surface area contributed by atoms with Crippen LogP contribution in [-0.2, 0) is 10.2 Å². The van der Waals surface area contributed by atoms with E-state index < -0.39 is 5.41 Å². The molecule has 2 aromatic carbocycles. The van der Waals surface area contributed by atoms with Crippen LogP contribution in [0, 0.1) is 0 Å². The third-order valence-electron chi connectivity index (χ3n) is 5.63. The van der Waals surface area contributed by atoms with Gasteiger partial charge in [-0.15, -0.1) is 0 Å². The number of rotatable bonds is 4. The van der Waals surface area contributed by atoms with Gasteiger partial charge in [-0.3, -0.25) is 4.79 Å². The number of ether oxygens (including phenoxy) is 3. The van der Waals surface area contributed by atoms with Gasteiger partial charge in [-0.2, -0.15) is 0 Å². The summed E-state index contributed by atoms with van der Waals surface area (Å²) in [4.78, 5) is 15.6. The summed E-state index contributed by atoms with van der Waals surface area (Å²) in [7, 11) is 0. The van der Waals surface area contributed by atoms with E-state index in [1.807, 2.05) is 35.2 Å². The summed E-state index contributed by atoms with van der Waals surface area (Å²) in [6.07, 6.45) is 3.25. The van der Waals surface area contributed by atoms with Crippen LogP contribution in [0.2, 0.25) is 0 Å². The number of hydrogen-bond donors (Lipinski definition) is 0. The summed E-state index contributed by atoms with van der Waals surface area (Å²) < 4.78 is 17.0. The van der Waals surface area contributed by atoms with E-state index in [0.29, 0.717) is 23.9 Å². The second-order valence-electron chi connectivity index (χ2n) is 7.08. The van der Waals surface area contributed by atoms with Crippen molar-refractivity contribution in [2.75, 3.05) is 24.8 Å². The normalized spacial score (nSPS) is 21.9. The van der Waals surface area contributed by atoms with Gasteiger partial charge in [0.15, 0.2) is 11.5 Å². The van der Waals surface area contributed by atoms with Gasteiger partial charge >= 0.3 is 0 Å². The number of fused-ring (bicyclic) bond motifs is 5. The van der Waals surface area contributed by atoms with Crippen molar-refractivity contribution in [3.05, 3.63) is 47.5 Å². The number of anilines is 1. The first-order chi connectivity index (χ1) is 12.8. The van der Waals surface area contributed by atoms with Gasteiger partial charge in [-0.05, 0) is 24.1 Å². The monoisotopic (exact) mass is 351 g/mol. The second-order valence-corrected chi connectivity index (χ2v) is 7.08. The summed E-state index contributed by atoms with van der Waals surface area (Å²) in [5.41, 5.74) is 2.14. The van der Waals surface area contributed by atoms with Crippen LogP contribution in [-0.4, -0.2) is 25.9 Å². The molecule has 5 rings (SSSR count). The molecule has 0 unspecified atom stereocenters. The maximum Gasteiger partial charge on any atom is 0.245 e. The maximum absolute atomic E-state index is 13.6. The molecular formula is C21H21NO4. The number of para-hydroxylation sites is 1. The first-order valence-corrected chi connectivity index (χ1v) is 9.24. The van der Waals surface area contributed by atoms with Crippen LogP contribution in [0.4, 0.5) is 5.69 Å². The Morgan fingerprint density at radius 1 is 1.00 bits per heavy atom. The summed E-state index contributed by atoms with van der Waals surface area (Å²) in [6.45, 7) is 3.44. The van der Waals surface area contributed by atoms with Crippen molar-refractivity contribution >= 4 is 11.6 Å². The highest BCUT2D eigenvalue weighted by molar-refractivity contribution is 6.11. The molecule has 1 amide bonds. The molecule has 3 heterocycles. The molecule has 0 saturated carbocycles. The minimum absolute atomic E-state index is 0.104. The minimum Gasteiger partial charge on any atom is -0.491 e. The molecule has 0 saturated heterocycles. The van der Waals surface area contributed by atoms with Gasteiger partial charge in [0.2, 0.25) is 12.7 Å². The van der Waals surface area contributed by atoms with E-state index in [-0.39, 0.29) is 12.7 Å². The molecule has 1 atom stereocenters. The molecule has 3 aliphatic heterocycles. The van der Waals surface area contributed by atoms with E-state index in [1.165, 1.54) is 0 Å². The Labute approximate surface area is 152 Å². The lowest BCUT2D eigenvalue weighted by molar-refractivity contribution is -0.122. The molecule has 0 radical (unpaired) electrons. The first-order valence-electron chi connectivity index (χ1n) is 9.24. The van der Waals surface area contributed by atoms with Gasteiger partial charge in [0.05, 0.1) is 0 Å². The molecular weight excluding hydrogens is 330 g/mol. The van der Waals surface area contributed by atoms with Crippen LogP contribution in [0.5, 0.6) is 17.2 Å². The Bertz CT molecular complexity index is 894. The molecule has 0 fully saturated rings. The number of carbonyl (C=O) groups is 1. The number of amides is 1. The molecule has 0 N–H and O–H groups in total. The summed E-state index contributed by atoms with van der Waals surface area (Å²) in [6, 6.07) is 11.9. The van der Waals surface area contributed by atoms with Crippen LogP contribution in [0.1, 0.15) is 37.3 Å². The molecule has 0 bridgehead atoms. The van der Waals surface area contributed by atoms with E-state index in [9.17, 15) is 4.79 Å². The highest BCUT2D eigenvalue weighted by Crippen LogP contribution is 2.54. The maximum atomic E-state index is 13.6. The van der Waals surface area contributed by atoms with Crippen LogP contribution in [0.25, 0.3) is 0 Å². The summed E-state index contributed by atoms with van der Waals surface area (Å²) in [5, 5.41) is 0. The Hall–Kier alpha value is -2.69. The lowest BCUT2D eigenvalue weighted by atomic mass is 9.77. The summed E-state index contributed by atoms with van der Waals surface area (Å²) >= 11 is 0.